The Labute approximate surface area is 118 Å². The number of fused-ring (bicyclic) bond motifs is 1. The van der Waals surface area contributed by atoms with Crippen LogP contribution in [-0.2, 0) is 11.3 Å². The summed E-state index contributed by atoms with van der Waals surface area (Å²) in [7, 11) is 1.93. The van der Waals surface area contributed by atoms with Gasteiger partial charge in [0.2, 0.25) is 5.91 Å². The SMILES string of the molecule is CC(C)NC(=O)C(C)N(C)Cc1ccc2nonc2c1. The van der Waals surface area contributed by atoms with E-state index in [1.807, 2.05) is 50.9 Å². The summed E-state index contributed by atoms with van der Waals surface area (Å²) in [6.45, 7) is 6.47. The zero-order valence-electron chi connectivity index (χ0n) is 12.3. The van der Waals surface area contributed by atoms with E-state index in [0.29, 0.717) is 6.54 Å². The molecule has 1 aromatic carbocycles. The second kappa shape index (κ2) is 6.00. The molecule has 0 fully saturated rings. The second-order valence-electron chi connectivity index (χ2n) is 5.34. The van der Waals surface area contributed by atoms with Crippen molar-refractivity contribution in [2.24, 2.45) is 0 Å². The monoisotopic (exact) mass is 276 g/mol. The number of carbonyl (C=O) groups excluding carboxylic acids is 1. The van der Waals surface area contributed by atoms with Crippen molar-refractivity contribution in [2.45, 2.75) is 39.4 Å². The lowest BCUT2D eigenvalue weighted by Gasteiger charge is -2.24. The van der Waals surface area contributed by atoms with E-state index in [9.17, 15) is 4.79 Å². The number of hydrogen-bond donors (Lipinski definition) is 1. The van der Waals surface area contributed by atoms with Crippen molar-refractivity contribution >= 4 is 16.9 Å². The van der Waals surface area contributed by atoms with Gasteiger partial charge in [-0.05, 0) is 55.8 Å². The van der Waals surface area contributed by atoms with Gasteiger partial charge < -0.3 is 5.32 Å². The molecule has 1 amide bonds. The summed E-state index contributed by atoms with van der Waals surface area (Å²) in [5.41, 5.74) is 2.54. The number of hydrogen-bond acceptors (Lipinski definition) is 5. The maximum absolute atomic E-state index is 12.0. The van der Waals surface area contributed by atoms with E-state index in [2.05, 4.69) is 20.3 Å². The summed E-state index contributed by atoms with van der Waals surface area (Å²) >= 11 is 0. The number of carbonyl (C=O) groups is 1. The van der Waals surface area contributed by atoms with Crippen LogP contribution in [0.5, 0.6) is 0 Å². The number of amides is 1. The molecule has 0 spiro atoms. The third-order valence-electron chi connectivity index (χ3n) is 3.22. The molecule has 1 atom stereocenters. The van der Waals surface area contributed by atoms with Gasteiger partial charge >= 0.3 is 0 Å². The van der Waals surface area contributed by atoms with Crippen LogP contribution in [0.1, 0.15) is 26.3 Å². The highest BCUT2D eigenvalue weighted by atomic mass is 16.6. The van der Waals surface area contributed by atoms with Crippen LogP contribution < -0.4 is 5.32 Å². The zero-order valence-corrected chi connectivity index (χ0v) is 12.3. The minimum absolute atomic E-state index is 0.0340. The number of nitrogens with one attached hydrogen (secondary N) is 1. The minimum atomic E-state index is -0.191. The normalized spacial score (nSPS) is 13.1. The Hall–Kier alpha value is -1.95. The predicted molar refractivity (Wildman–Crippen MR) is 76.0 cm³/mol. The zero-order chi connectivity index (χ0) is 14.7. The van der Waals surface area contributed by atoms with Crippen LogP contribution in [-0.4, -0.2) is 40.3 Å². The van der Waals surface area contributed by atoms with Crippen molar-refractivity contribution < 1.29 is 9.42 Å². The highest BCUT2D eigenvalue weighted by Gasteiger charge is 2.18. The van der Waals surface area contributed by atoms with E-state index in [-0.39, 0.29) is 18.0 Å². The van der Waals surface area contributed by atoms with Gasteiger partial charge in [-0.2, -0.15) is 0 Å². The number of nitrogens with zero attached hydrogens (tertiary/aromatic N) is 3. The first-order valence-corrected chi connectivity index (χ1v) is 6.69. The average molecular weight is 276 g/mol. The quantitative estimate of drug-likeness (QED) is 0.897. The molecule has 0 aliphatic heterocycles. The van der Waals surface area contributed by atoms with E-state index in [1.165, 1.54) is 0 Å². The van der Waals surface area contributed by atoms with E-state index < -0.39 is 0 Å². The van der Waals surface area contributed by atoms with Crippen molar-refractivity contribution in [2.75, 3.05) is 7.05 Å². The molecule has 108 valence electrons. The largest absolute Gasteiger partial charge is 0.353 e. The van der Waals surface area contributed by atoms with Gasteiger partial charge in [-0.25, -0.2) is 4.63 Å². The van der Waals surface area contributed by atoms with E-state index in [1.54, 1.807) is 0 Å². The fourth-order valence-electron chi connectivity index (χ4n) is 1.96. The van der Waals surface area contributed by atoms with Crippen LogP contribution in [0.25, 0.3) is 11.0 Å². The lowest BCUT2D eigenvalue weighted by molar-refractivity contribution is -0.126. The summed E-state index contributed by atoms with van der Waals surface area (Å²) in [5, 5.41) is 10.5. The Morgan fingerprint density at radius 2 is 2.00 bits per heavy atom. The summed E-state index contributed by atoms with van der Waals surface area (Å²) in [6.07, 6.45) is 0. The Balaban J connectivity index is 2.02. The molecule has 0 bridgehead atoms. The molecule has 2 aromatic rings. The molecule has 1 heterocycles. The Kier molecular flexibility index (Phi) is 4.34. The van der Waals surface area contributed by atoms with Gasteiger partial charge in [0.25, 0.3) is 0 Å². The summed E-state index contributed by atoms with van der Waals surface area (Å²) < 4.78 is 4.68. The molecule has 0 aliphatic rings. The first kappa shape index (κ1) is 14.5. The van der Waals surface area contributed by atoms with Crippen LogP contribution in [0.2, 0.25) is 0 Å². The Morgan fingerprint density at radius 3 is 2.70 bits per heavy atom. The fourth-order valence-corrected chi connectivity index (χ4v) is 1.96. The molecule has 0 saturated heterocycles. The summed E-state index contributed by atoms with van der Waals surface area (Å²) in [6, 6.07) is 5.72. The number of aromatic nitrogens is 2. The average Bonchev–Trinajstić information content (AvgIpc) is 2.84. The molecule has 0 saturated carbocycles. The Morgan fingerprint density at radius 1 is 1.30 bits per heavy atom. The highest BCUT2D eigenvalue weighted by Crippen LogP contribution is 2.14. The van der Waals surface area contributed by atoms with Crippen LogP contribution in [0.15, 0.2) is 22.8 Å². The maximum Gasteiger partial charge on any atom is 0.237 e. The first-order valence-electron chi connectivity index (χ1n) is 6.69. The molecule has 0 radical (unpaired) electrons. The number of benzene rings is 1. The van der Waals surface area contributed by atoms with E-state index in [0.717, 1.165) is 16.6 Å². The molecule has 20 heavy (non-hydrogen) atoms. The third-order valence-corrected chi connectivity index (χ3v) is 3.22. The van der Waals surface area contributed by atoms with E-state index in [4.69, 9.17) is 0 Å². The molecule has 1 N–H and O–H groups in total. The fraction of sp³-hybridized carbons (Fsp3) is 0.500. The summed E-state index contributed by atoms with van der Waals surface area (Å²) in [4.78, 5) is 14.0. The van der Waals surface area contributed by atoms with E-state index >= 15 is 0 Å². The molecule has 2 rings (SSSR count). The maximum atomic E-state index is 12.0. The highest BCUT2D eigenvalue weighted by molar-refractivity contribution is 5.81. The Bertz CT molecular complexity index is 594. The predicted octanol–water partition coefficient (Wildman–Crippen LogP) is 1.57. The van der Waals surface area contributed by atoms with Crippen molar-refractivity contribution in [1.82, 2.24) is 20.5 Å². The van der Waals surface area contributed by atoms with Crippen LogP contribution in [0.4, 0.5) is 0 Å². The third kappa shape index (κ3) is 3.33. The second-order valence-corrected chi connectivity index (χ2v) is 5.34. The van der Waals surface area contributed by atoms with Crippen molar-refractivity contribution in [3.63, 3.8) is 0 Å². The van der Waals surface area contributed by atoms with Gasteiger partial charge in [0.1, 0.15) is 11.0 Å². The topological polar surface area (TPSA) is 71.3 Å². The first-order chi connectivity index (χ1) is 9.47. The van der Waals surface area contributed by atoms with Crippen molar-refractivity contribution in [1.29, 1.82) is 0 Å². The standard InChI is InChI=1S/C14H20N4O2/c1-9(2)15-14(19)10(3)18(4)8-11-5-6-12-13(7-11)17-20-16-12/h5-7,9-10H,8H2,1-4H3,(H,15,19). The van der Waals surface area contributed by atoms with Gasteiger partial charge in [-0.1, -0.05) is 6.07 Å². The van der Waals surface area contributed by atoms with Gasteiger partial charge in [0, 0.05) is 12.6 Å². The molecule has 6 heteroatoms. The molecule has 6 nitrogen and oxygen atoms in total. The van der Waals surface area contributed by atoms with Gasteiger partial charge in [0.15, 0.2) is 0 Å². The van der Waals surface area contributed by atoms with Gasteiger partial charge in [-0.3, -0.25) is 9.69 Å². The lowest BCUT2D eigenvalue weighted by atomic mass is 10.1. The van der Waals surface area contributed by atoms with Gasteiger partial charge in [0.05, 0.1) is 6.04 Å². The molecular formula is C14H20N4O2. The minimum Gasteiger partial charge on any atom is -0.353 e. The molecular weight excluding hydrogens is 256 g/mol. The molecule has 1 unspecified atom stereocenters. The molecule has 0 aliphatic carbocycles. The van der Waals surface area contributed by atoms with Gasteiger partial charge in [-0.15, -0.1) is 0 Å². The van der Waals surface area contributed by atoms with Crippen molar-refractivity contribution in [3.05, 3.63) is 23.8 Å². The summed E-state index contributed by atoms with van der Waals surface area (Å²) in [5.74, 6) is 0.0340. The number of likely N-dealkylation sites (N-methyl/N-ethyl adjacent to an activating group) is 1. The molecule has 1 aromatic heterocycles. The number of rotatable bonds is 5. The van der Waals surface area contributed by atoms with Crippen molar-refractivity contribution in [3.8, 4) is 0 Å². The van der Waals surface area contributed by atoms with Crippen LogP contribution in [0.3, 0.4) is 0 Å². The lowest BCUT2D eigenvalue weighted by Crippen LogP contribution is -2.45. The van der Waals surface area contributed by atoms with Crippen LogP contribution >= 0.6 is 0 Å². The smallest absolute Gasteiger partial charge is 0.237 e. The van der Waals surface area contributed by atoms with Crippen LogP contribution in [0, 0.1) is 0 Å².